The summed E-state index contributed by atoms with van der Waals surface area (Å²) in [5, 5.41) is 8.82. The first-order chi connectivity index (χ1) is 8.02. The Kier molecular flexibility index (Phi) is 3.31. The van der Waals surface area contributed by atoms with Gasteiger partial charge in [-0.15, -0.1) is 11.3 Å². The first-order valence-corrected chi connectivity index (χ1v) is 6.46. The molecule has 0 spiro atoms. The van der Waals surface area contributed by atoms with Crippen molar-refractivity contribution in [3.63, 3.8) is 0 Å². The number of aryl methyl sites for hydroxylation is 4. The van der Waals surface area contributed by atoms with E-state index in [9.17, 15) is 0 Å². The number of nitrogens with one attached hydrogen (secondary N) is 1. The number of thiazole rings is 1. The van der Waals surface area contributed by atoms with Gasteiger partial charge in [-0.2, -0.15) is 5.10 Å². The quantitative estimate of drug-likeness (QED) is 0.907. The van der Waals surface area contributed by atoms with Crippen molar-refractivity contribution in [1.29, 1.82) is 0 Å². The van der Waals surface area contributed by atoms with Gasteiger partial charge >= 0.3 is 0 Å². The maximum absolute atomic E-state index is 4.63. The predicted octanol–water partition coefficient (Wildman–Crippen LogP) is 2.11. The lowest BCUT2D eigenvalue weighted by molar-refractivity contribution is 0.680. The second-order valence-electron chi connectivity index (χ2n) is 4.26. The molecule has 0 bridgehead atoms. The molecule has 0 aliphatic rings. The monoisotopic (exact) mass is 250 g/mol. The Hall–Kier alpha value is -1.20. The number of rotatable bonds is 3. The van der Waals surface area contributed by atoms with Crippen LogP contribution in [0.5, 0.6) is 0 Å². The molecule has 92 valence electrons. The van der Waals surface area contributed by atoms with Gasteiger partial charge in [-0.3, -0.25) is 4.68 Å². The van der Waals surface area contributed by atoms with Crippen LogP contribution in [0.4, 0.5) is 0 Å². The zero-order valence-corrected chi connectivity index (χ0v) is 11.7. The maximum atomic E-state index is 4.63. The highest BCUT2D eigenvalue weighted by Crippen LogP contribution is 2.28. The van der Waals surface area contributed by atoms with E-state index in [2.05, 4.69) is 35.4 Å². The summed E-state index contributed by atoms with van der Waals surface area (Å²) in [6.45, 7) is 6.20. The molecule has 2 aromatic heterocycles. The fourth-order valence-corrected chi connectivity index (χ4v) is 2.99. The van der Waals surface area contributed by atoms with Crippen LogP contribution in [0.25, 0.3) is 0 Å². The Balaban J connectivity index is 2.43. The van der Waals surface area contributed by atoms with E-state index in [4.69, 9.17) is 0 Å². The molecule has 0 amide bonds. The highest BCUT2D eigenvalue weighted by molar-refractivity contribution is 7.11. The molecule has 0 radical (unpaired) electrons. The molecule has 0 aromatic carbocycles. The third kappa shape index (κ3) is 2.25. The van der Waals surface area contributed by atoms with Crippen molar-refractivity contribution in [2.45, 2.75) is 26.8 Å². The van der Waals surface area contributed by atoms with Crippen molar-refractivity contribution in [3.8, 4) is 0 Å². The van der Waals surface area contributed by atoms with E-state index in [1.165, 1.54) is 10.4 Å². The third-order valence-electron chi connectivity index (χ3n) is 2.94. The van der Waals surface area contributed by atoms with E-state index in [1.54, 1.807) is 11.3 Å². The Morgan fingerprint density at radius 2 is 2.00 bits per heavy atom. The number of hydrogen-bond acceptors (Lipinski definition) is 4. The van der Waals surface area contributed by atoms with E-state index in [-0.39, 0.29) is 6.04 Å². The van der Waals surface area contributed by atoms with Gasteiger partial charge in [-0.05, 0) is 27.8 Å². The Labute approximate surface area is 106 Å². The van der Waals surface area contributed by atoms with Gasteiger partial charge in [0.15, 0.2) is 0 Å². The Morgan fingerprint density at radius 3 is 2.41 bits per heavy atom. The molecule has 1 atom stereocenters. The molecule has 0 aliphatic carbocycles. The summed E-state index contributed by atoms with van der Waals surface area (Å²) >= 11 is 1.75. The first kappa shape index (κ1) is 12.3. The number of hydrogen-bond donors (Lipinski definition) is 1. The van der Waals surface area contributed by atoms with Crippen LogP contribution in [0.1, 0.15) is 32.9 Å². The fraction of sp³-hybridized carbons (Fsp3) is 0.500. The van der Waals surface area contributed by atoms with Crippen LogP contribution in [-0.4, -0.2) is 21.8 Å². The van der Waals surface area contributed by atoms with Crippen LogP contribution in [0.2, 0.25) is 0 Å². The standard InChI is InChI=1S/C12H18N4S/c1-7-9(3)17-12(14-7)11(13-4)10-6-16(5)15-8(10)2/h6,11,13H,1-5H3. The van der Waals surface area contributed by atoms with Gasteiger partial charge in [-0.1, -0.05) is 0 Å². The van der Waals surface area contributed by atoms with Crippen molar-refractivity contribution in [2.75, 3.05) is 7.05 Å². The summed E-state index contributed by atoms with van der Waals surface area (Å²) in [4.78, 5) is 5.91. The van der Waals surface area contributed by atoms with Crippen molar-refractivity contribution < 1.29 is 0 Å². The van der Waals surface area contributed by atoms with Gasteiger partial charge in [0.25, 0.3) is 0 Å². The van der Waals surface area contributed by atoms with Gasteiger partial charge in [0.1, 0.15) is 5.01 Å². The van der Waals surface area contributed by atoms with Crippen molar-refractivity contribution in [3.05, 3.63) is 33.0 Å². The molecule has 1 N–H and O–H groups in total. The van der Waals surface area contributed by atoms with Crippen LogP contribution >= 0.6 is 11.3 Å². The highest BCUT2D eigenvalue weighted by Gasteiger charge is 2.20. The summed E-state index contributed by atoms with van der Waals surface area (Å²) in [6, 6.07) is 0.140. The van der Waals surface area contributed by atoms with Crippen LogP contribution < -0.4 is 5.32 Å². The maximum Gasteiger partial charge on any atom is 0.115 e. The Morgan fingerprint density at radius 1 is 1.29 bits per heavy atom. The normalized spacial score (nSPS) is 13.0. The van der Waals surface area contributed by atoms with Crippen molar-refractivity contribution in [1.82, 2.24) is 20.1 Å². The van der Waals surface area contributed by atoms with Gasteiger partial charge in [0.05, 0.1) is 17.4 Å². The second kappa shape index (κ2) is 4.58. The minimum atomic E-state index is 0.140. The first-order valence-electron chi connectivity index (χ1n) is 5.64. The van der Waals surface area contributed by atoms with E-state index >= 15 is 0 Å². The summed E-state index contributed by atoms with van der Waals surface area (Å²) in [5.74, 6) is 0. The molecule has 2 aromatic rings. The lowest BCUT2D eigenvalue weighted by Gasteiger charge is -2.12. The largest absolute Gasteiger partial charge is 0.307 e. The third-order valence-corrected chi connectivity index (χ3v) is 4.08. The number of aromatic nitrogens is 3. The average molecular weight is 250 g/mol. The van der Waals surface area contributed by atoms with E-state index in [1.807, 2.05) is 25.7 Å². The summed E-state index contributed by atoms with van der Waals surface area (Å²) in [6.07, 6.45) is 2.06. The van der Waals surface area contributed by atoms with Gasteiger partial charge in [-0.25, -0.2) is 4.98 Å². The Bertz CT molecular complexity index is 507. The molecule has 0 fully saturated rings. The predicted molar refractivity (Wildman–Crippen MR) is 70.4 cm³/mol. The van der Waals surface area contributed by atoms with E-state index in [0.717, 1.165) is 16.4 Å². The lowest BCUT2D eigenvalue weighted by atomic mass is 10.1. The van der Waals surface area contributed by atoms with Crippen molar-refractivity contribution in [2.24, 2.45) is 7.05 Å². The topological polar surface area (TPSA) is 42.7 Å². The van der Waals surface area contributed by atoms with Gasteiger partial charge in [0.2, 0.25) is 0 Å². The molecule has 0 aliphatic heterocycles. The van der Waals surface area contributed by atoms with Gasteiger partial charge < -0.3 is 5.32 Å². The molecule has 2 rings (SSSR count). The molecule has 17 heavy (non-hydrogen) atoms. The van der Waals surface area contributed by atoms with E-state index < -0.39 is 0 Å². The number of nitrogens with zero attached hydrogens (tertiary/aromatic N) is 3. The highest BCUT2D eigenvalue weighted by atomic mass is 32.1. The molecule has 0 saturated heterocycles. The zero-order valence-electron chi connectivity index (χ0n) is 10.9. The minimum absolute atomic E-state index is 0.140. The molecule has 2 heterocycles. The molecule has 1 unspecified atom stereocenters. The molecular weight excluding hydrogens is 232 g/mol. The average Bonchev–Trinajstić information content (AvgIpc) is 2.74. The summed E-state index contributed by atoms with van der Waals surface area (Å²) < 4.78 is 1.85. The van der Waals surface area contributed by atoms with Crippen LogP contribution in [0.3, 0.4) is 0 Å². The summed E-state index contributed by atoms with van der Waals surface area (Å²) in [7, 11) is 3.91. The SMILES string of the molecule is CNC(c1nc(C)c(C)s1)c1cn(C)nc1C. The van der Waals surface area contributed by atoms with Crippen LogP contribution in [0, 0.1) is 20.8 Å². The van der Waals surface area contributed by atoms with E-state index in [0.29, 0.717) is 0 Å². The van der Waals surface area contributed by atoms with Crippen LogP contribution in [0.15, 0.2) is 6.20 Å². The zero-order chi connectivity index (χ0) is 12.6. The minimum Gasteiger partial charge on any atom is -0.307 e. The smallest absolute Gasteiger partial charge is 0.115 e. The van der Waals surface area contributed by atoms with Gasteiger partial charge in [0, 0.05) is 23.7 Å². The lowest BCUT2D eigenvalue weighted by Crippen LogP contribution is -2.17. The molecule has 5 heteroatoms. The summed E-state index contributed by atoms with van der Waals surface area (Å²) in [5.41, 5.74) is 3.37. The molecule has 4 nitrogen and oxygen atoms in total. The van der Waals surface area contributed by atoms with Crippen molar-refractivity contribution >= 4 is 11.3 Å². The molecular formula is C12H18N4S. The fourth-order valence-electron chi connectivity index (χ4n) is 1.93. The second-order valence-corrected chi connectivity index (χ2v) is 5.49. The molecule has 0 saturated carbocycles. The van der Waals surface area contributed by atoms with Crippen LogP contribution in [-0.2, 0) is 7.05 Å².